The minimum Gasteiger partial charge on any atom is -0.508 e. The molecular formula is C19H29NO. The molecule has 1 aromatic rings. The Balaban J connectivity index is 2.02. The molecule has 0 unspecified atom stereocenters. The van der Waals surface area contributed by atoms with Gasteiger partial charge in [0, 0.05) is 6.54 Å². The Morgan fingerprint density at radius 1 is 1.24 bits per heavy atom. The van der Waals surface area contributed by atoms with E-state index in [0.717, 1.165) is 18.4 Å². The summed E-state index contributed by atoms with van der Waals surface area (Å²) < 4.78 is 0. The van der Waals surface area contributed by atoms with E-state index in [-0.39, 0.29) is 5.41 Å². The van der Waals surface area contributed by atoms with Gasteiger partial charge in [0.25, 0.3) is 0 Å². The number of nitrogens with zero attached hydrogens (tertiary/aromatic N) is 1. The Hall–Kier alpha value is -1.02. The van der Waals surface area contributed by atoms with Gasteiger partial charge < -0.3 is 10.0 Å². The number of aromatic hydroxyl groups is 1. The molecule has 21 heavy (non-hydrogen) atoms. The lowest BCUT2D eigenvalue weighted by atomic mass is 9.59. The van der Waals surface area contributed by atoms with Gasteiger partial charge in [0.1, 0.15) is 5.75 Å². The predicted octanol–water partition coefficient (Wildman–Crippen LogP) is 3.96. The van der Waals surface area contributed by atoms with Crippen LogP contribution in [-0.4, -0.2) is 30.6 Å². The molecule has 4 atom stereocenters. The van der Waals surface area contributed by atoms with Crippen molar-refractivity contribution >= 4 is 0 Å². The van der Waals surface area contributed by atoms with E-state index in [1.54, 1.807) is 0 Å². The zero-order chi connectivity index (χ0) is 15.2. The van der Waals surface area contributed by atoms with Crippen molar-refractivity contribution in [2.45, 2.75) is 44.9 Å². The molecule has 0 radical (unpaired) electrons. The standard InChI is InChI=1S/C19H29NO/c1-13-7-16(10-17(21)8-13)19(2)11-14-5-6-15(9-14)18(19)12-20(3)4/h7-8,10,14-15,18,21H,5-6,9,11-12H2,1-4H3/t14-,15+,18+,19-/m1/s1. The lowest BCUT2D eigenvalue weighted by Gasteiger charge is -2.47. The number of hydrogen-bond acceptors (Lipinski definition) is 2. The van der Waals surface area contributed by atoms with Crippen molar-refractivity contribution in [2.75, 3.05) is 20.6 Å². The van der Waals surface area contributed by atoms with Crippen LogP contribution in [0.2, 0.25) is 0 Å². The van der Waals surface area contributed by atoms with Crippen molar-refractivity contribution in [1.82, 2.24) is 4.90 Å². The number of phenols is 1. The van der Waals surface area contributed by atoms with Crippen LogP contribution in [-0.2, 0) is 5.41 Å². The SMILES string of the molecule is Cc1cc(O)cc([C@@]2(C)C[C@@H]3CC[C@@H](C3)[C@@H]2CN(C)C)c1. The first-order valence-electron chi connectivity index (χ1n) is 8.34. The van der Waals surface area contributed by atoms with Gasteiger partial charge in [-0.05, 0) is 86.7 Å². The summed E-state index contributed by atoms with van der Waals surface area (Å²) in [5.74, 6) is 2.88. The van der Waals surface area contributed by atoms with Crippen molar-refractivity contribution in [1.29, 1.82) is 0 Å². The molecule has 2 nitrogen and oxygen atoms in total. The van der Waals surface area contributed by atoms with Crippen LogP contribution in [0.15, 0.2) is 18.2 Å². The molecule has 2 fully saturated rings. The largest absolute Gasteiger partial charge is 0.508 e. The second-order valence-corrected chi connectivity index (χ2v) is 7.99. The zero-order valence-electron chi connectivity index (χ0n) is 13.9. The monoisotopic (exact) mass is 287 g/mol. The van der Waals surface area contributed by atoms with Crippen molar-refractivity contribution < 1.29 is 5.11 Å². The van der Waals surface area contributed by atoms with Gasteiger partial charge in [-0.3, -0.25) is 0 Å². The normalized spacial score (nSPS) is 35.4. The molecule has 2 bridgehead atoms. The molecule has 0 amide bonds. The summed E-state index contributed by atoms with van der Waals surface area (Å²) in [6.45, 7) is 5.69. The van der Waals surface area contributed by atoms with Crippen LogP contribution < -0.4 is 0 Å². The fraction of sp³-hybridized carbons (Fsp3) is 0.684. The van der Waals surface area contributed by atoms with Crippen LogP contribution in [0.4, 0.5) is 0 Å². The fourth-order valence-corrected chi connectivity index (χ4v) is 5.10. The number of aryl methyl sites for hydroxylation is 1. The second-order valence-electron chi connectivity index (χ2n) is 7.99. The molecule has 2 heteroatoms. The second kappa shape index (κ2) is 5.31. The minimum atomic E-state index is 0.206. The molecule has 2 aliphatic rings. The maximum Gasteiger partial charge on any atom is 0.116 e. The highest BCUT2D eigenvalue weighted by Crippen LogP contribution is 2.55. The smallest absolute Gasteiger partial charge is 0.116 e. The molecule has 0 spiro atoms. The lowest BCUT2D eigenvalue weighted by Crippen LogP contribution is -2.45. The highest BCUT2D eigenvalue weighted by molar-refractivity contribution is 5.38. The first-order valence-corrected chi connectivity index (χ1v) is 8.34. The third-order valence-electron chi connectivity index (χ3n) is 5.97. The van der Waals surface area contributed by atoms with E-state index in [1.807, 2.05) is 12.1 Å². The average molecular weight is 287 g/mol. The number of rotatable bonds is 3. The fourth-order valence-electron chi connectivity index (χ4n) is 5.10. The quantitative estimate of drug-likeness (QED) is 0.909. The van der Waals surface area contributed by atoms with Crippen molar-refractivity contribution in [3.8, 4) is 5.75 Å². The Morgan fingerprint density at radius 2 is 2.00 bits per heavy atom. The molecule has 3 rings (SSSR count). The Labute approximate surface area is 129 Å². The summed E-state index contributed by atoms with van der Waals surface area (Å²) in [5.41, 5.74) is 2.73. The van der Waals surface area contributed by atoms with E-state index in [4.69, 9.17) is 0 Å². The molecule has 1 aromatic carbocycles. The molecule has 1 N–H and O–H groups in total. The molecule has 0 aliphatic heterocycles. The van der Waals surface area contributed by atoms with Crippen LogP contribution >= 0.6 is 0 Å². The van der Waals surface area contributed by atoms with Gasteiger partial charge in [0.2, 0.25) is 0 Å². The van der Waals surface area contributed by atoms with Gasteiger partial charge in [-0.25, -0.2) is 0 Å². The molecule has 0 aromatic heterocycles. The van der Waals surface area contributed by atoms with E-state index in [2.05, 4.69) is 38.9 Å². The maximum absolute atomic E-state index is 10.0. The predicted molar refractivity (Wildman–Crippen MR) is 87.7 cm³/mol. The highest BCUT2D eigenvalue weighted by Gasteiger charge is 2.49. The number of benzene rings is 1. The van der Waals surface area contributed by atoms with E-state index in [1.165, 1.54) is 36.8 Å². The van der Waals surface area contributed by atoms with Gasteiger partial charge in [0.15, 0.2) is 0 Å². The first kappa shape index (κ1) is 14.9. The van der Waals surface area contributed by atoms with Crippen LogP contribution in [0.25, 0.3) is 0 Å². The third-order valence-corrected chi connectivity index (χ3v) is 5.97. The van der Waals surface area contributed by atoms with E-state index in [0.29, 0.717) is 11.7 Å². The lowest BCUT2D eigenvalue weighted by molar-refractivity contribution is 0.0993. The van der Waals surface area contributed by atoms with Crippen LogP contribution in [0.3, 0.4) is 0 Å². The molecule has 116 valence electrons. The zero-order valence-corrected chi connectivity index (χ0v) is 13.9. The Bertz CT molecular complexity index is 504. The molecule has 2 aliphatic carbocycles. The summed E-state index contributed by atoms with van der Waals surface area (Å²) in [4.78, 5) is 2.34. The summed E-state index contributed by atoms with van der Waals surface area (Å²) in [6.07, 6.45) is 5.51. The third kappa shape index (κ3) is 2.70. The summed E-state index contributed by atoms with van der Waals surface area (Å²) in [7, 11) is 4.38. The molecule has 2 saturated carbocycles. The van der Waals surface area contributed by atoms with Crippen LogP contribution in [0.5, 0.6) is 5.75 Å². The minimum absolute atomic E-state index is 0.206. The van der Waals surface area contributed by atoms with Gasteiger partial charge >= 0.3 is 0 Å². The summed E-state index contributed by atoms with van der Waals surface area (Å²) in [5, 5.41) is 10.0. The van der Waals surface area contributed by atoms with Crippen molar-refractivity contribution in [3.05, 3.63) is 29.3 Å². The highest BCUT2D eigenvalue weighted by atomic mass is 16.3. The molecular weight excluding hydrogens is 258 g/mol. The van der Waals surface area contributed by atoms with E-state index < -0.39 is 0 Å². The Morgan fingerprint density at radius 3 is 2.67 bits per heavy atom. The summed E-state index contributed by atoms with van der Waals surface area (Å²) in [6, 6.07) is 6.18. The van der Waals surface area contributed by atoms with Crippen LogP contribution in [0.1, 0.15) is 43.7 Å². The number of fused-ring (bicyclic) bond motifs is 2. The van der Waals surface area contributed by atoms with Crippen molar-refractivity contribution in [3.63, 3.8) is 0 Å². The average Bonchev–Trinajstić information content (AvgIpc) is 2.77. The van der Waals surface area contributed by atoms with Crippen LogP contribution in [0, 0.1) is 24.7 Å². The van der Waals surface area contributed by atoms with E-state index in [9.17, 15) is 5.11 Å². The molecule has 0 heterocycles. The molecule has 0 saturated heterocycles. The van der Waals surface area contributed by atoms with Gasteiger partial charge in [-0.15, -0.1) is 0 Å². The Kier molecular flexibility index (Phi) is 3.77. The summed E-state index contributed by atoms with van der Waals surface area (Å²) >= 11 is 0. The van der Waals surface area contributed by atoms with E-state index >= 15 is 0 Å². The van der Waals surface area contributed by atoms with Gasteiger partial charge in [-0.1, -0.05) is 19.4 Å². The van der Waals surface area contributed by atoms with Gasteiger partial charge in [-0.2, -0.15) is 0 Å². The number of hydrogen-bond donors (Lipinski definition) is 1. The number of phenolic OH excluding ortho intramolecular Hbond substituents is 1. The van der Waals surface area contributed by atoms with Gasteiger partial charge in [0.05, 0.1) is 0 Å². The van der Waals surface area contributed by atoms with Crippen molar-refractivity contribution in [2.24, 2.45) is 17.8 Å². The first-order chi connectivity index (χ1) is 9.88. The maximum atomic E-state index is 10.0. The topological polar surface area (TPSA) is 23.5 Å².